The molecule has 1 heterocycles. The van der Waals surface area contributed by atoms with Crippen LogP contribution in [0.1, 0.15) is 34.7 Å². The van der Waals surface area contributed by atoms with E-state index in [-0.39, 0.29) is 17.3 Å². The van der Waals surface area contributed by atoms with Crippen LogP contribution in [0.5, 0.6) is 0 Å². The third-order valence-electron chi connectivity index (χ3n) is 4.45. The highest BCUT2D eigenvalue weighted by Gasteiger charge is 2.30. The van der Waals surface area contributed by atoms with Gasteiger partial charge in [-0.15, -0.1) is 10.2 Å². The Kier molecular flexibility index (Phi) is 7.18. The molecule has 0 aliphatic carbocycles. The van der Waals surface area contributed by atoms with Crippen molar-refractivity contribution in [2.24, 2.45) is 7.05 Å². The molecule has 1 atom stereocenters. The minimum absolute atomic E-state index is 0.0568. The predicted molar refractivity (Wildman–Crippen MR) is 114 cm³/mol. The number of hydrogen-bond acceptors (Lipinski definition) is 5. The third kappa shape index (κ3) is 5.88. The van der Waals surface area contributed by atoms with Gasteiger partial charge >= 0.3 is 6.18 Å². The van der Waals surface area contributed by atoms with Crippen molar-refractivity contribution >= 4 is 29.3 Å². The van der Waals surface area contributed by atoms with E-state index in [0.29, 0.717) is 16.5 Å². The van der Waals surface area contributed by atoms with Crippen LogP contribution < -0.4 is 10.6 Å². The molecule has 0 bridgehead atoms. The summed E-state index contributed by atoms with van der Waals surface area (Å²) in [6.07, 6.45) is -4.49. The van der Waals surface area contributed by atoms with Crippen molar-refractivity contribution in [3.05, 3.63) is 71.5 Å². The average Bonchev–Trinajstić information content (AvgIpc) is 3.13. The second-order valence-corrected chi connectivity index (χ2v) is 7.82. The van der Waals surface area contributed by atoms with E-state index in [0.717, 1.165) is 23.9 Å². The summed E-state index contributed by atoms with van der Waals surface area (Å²) < 4.78 is 40.1. The molecule has 0 aliphatic rings. The number of amides is 2. The molecule has 2 aromatic carbocycles. The smallest absolute Gasteiger partial charge is 0.342 e. The van der Waals surface area contributed by atoms with Gasteiger partial charge in [0.25, 0.3) is 5.91 Å². The molecule has 0 saturated carbocycles. The van der Waals surface area contributed by atoms with E-state index < -0.39 is 23.7 Å². The van der Waals surface area contributed by atoms with Gasteiger partial charge in [-0.3, -0.25) is 9.59 Å². The summed E-state index contributed by atoms with van der Waals surface area (Å²) in [7, 11) is 1.70. The van der Waals surface area contributed by atoms with Crippen molar-refractivity contribution < 1.29 is 22.8 Å². The molecule has 1 aromatic heterocycles. The van der Waals surface area contributed by atoms with Crippen molar-refractivity contribution in [2.75, 3.05) is 11.1 Å². The number of thioether (sulfide) groups is 1. The van der Waals surface area contributed by atoms with Crippen LogP contribution in [-0.4, -0.2) is 32.3 Å². The van der Waals surface area contributed by atoms with E-state index >= 15 is 0 Å². The zero-order valence-corrected chi connectivity index (χ0v) is 18.0. The van der Waals surface area contributed by atoms with Gasteiger partial charge < -0.3 is 15.2 Å². The first kappa shape index (κ1) is 23.3. The Morgan fingerprint density at radius 1 is 1.09 bits per heavy atom. The van der Waals surface area contributed by atoms with Gasteiger partial charge in [0, 0.05) is 18.3 Å². The highest BCUT2D eigenvalue weighted by atomic mass is 32.2. The first-order valence-corrected chi connectivity index (χ1v) is 10.5. The molecule has 2 N–H and O–H groups in total. The van der Waals surface area contributed by atoms with Crippen molar-refractivity contribution in [1.82, 2.24) is 20.1 Å². The van der Waals surface area contributed by atoms with Gasteiger partial charge in [0.2, 0.25) is 5.91 Å². The molecule has 3 rings (SSSR count). The van der Waals surface area contributed by atoms with E-state index in [1.807, 2.05) is 6.07 Å². The quantitative estimate of drug-likeness (QED) is 0.516. The van der Waals surface area contributed by atoms with Crippen molar-refractivity contribution in [3.63, 3.8) is 0 Å². The minimum Gasteiger partial charge on any atom is -0.342 e. The Morgan fingerprint density at radius 3 is 2.50 bits per heavy atom. The van der Waals surface area contributed by atoms with Crippen LogP contribution in [0.3, 0.4) is 0 Å². The van der Waals surface area contributed by atoms with E-state index in [1.165, 1.54) is 12.1 Å². The number of nitrogens with zero attached hydrogens (tertiary/aromatic N) is 3. The molecule has 0 aliphatic heterocycles. The number of anilines is 1. The Morgan fingerprint density at radius 2 is 1.81 bits per heavy atom. The number of rotatable bonds is 7. The van der Waals surface area contributed by atoms with Gasteiger partial charge in [-0.25, -0.2) is 0 Å². The van der Waals surface area contributed by atoms with Gasteiger partial charge in [-0.2, -0.15) is 13.2 Å². The summed E-state index contributed by atoms with van der Waals surface area (Å²) in [5, 5.41) is 13.8. The van der Waals surface area contributed by atoms with Gasteiger partial charge in [0.1, 0.15) is 0 Å². The van der Waals surface area contributed by atoms with Crippen LogP contribution in [0.15, 0.2) is 59.8 Å². The van der Waals surface area contributed by atoms with Crippen molar-refractivity contribution in [3.8, 4) is 0 Å². The number of alkyl halides is 3. The van der Waals surface area contributed by atoms with E-state index in [9.17, 15) is 22.8 Å². The molecule has 0 fully saturated rings. The maximum atomic E-state index is 12.8. The van der Waals surface area contributed by atoms with Crippen molar-refractivity contribution in [1.29, 1.82) is 0 Å². The number of carbonyl (C=O) groups is 2. The molecule has 0 saturated heterocycles. The van der Waals surface area contributed by atoms with Crippen LogP contribution in [0, 0.1) is 0 Å². The maximum Gasteiger partial charge on any atom is 0.416 e. The normalized spacial score (nSPS) is 12.3. The largest absolute Gasteiger partial charge is 0.416 e. The topological polar surface area (TPSA) is 88.9 Å². The summed E-state index contributed by atoms with van der Waals surface area (Å²) in [6, 6.07) is 12.7. The SMILES string of the molecule is C[C@H](NC(=O)c1ccccc1)c1nnc(SCC(=O)Nc2cccc(C(F)(F)F)c2)n1C. The molecule has 0 unspecified atom stereocenters. The number of halogens is 3. The van der Waals surface area contributed by atoms with E-state index in [2.05, 4.69) is 20.8 Å². The molecule has 32 heavy (non-hydrogen) atoms. The Labute approximate surface area is 186 Å². The molecule has 0 spiro atoms. The standard InChI is InChI=1S/C21H20F3N5O2S/c1-13(25-19(31)14-7-4-3-5-8-14)18-27-28-20(29(18)2)32-12-17(30)26-16-10-6-9-15(11-16)21(22,23)24/h3-11,13H,12H2,1-2H3,(H,25,31)(H,26,30)/t13-/m0/s1. The molecule has 2 amide bonds. The molecule has 168 valence electrons. The van der Waals surface area contributed by atoms with Crippen LogP contribution in [0.25, 0.3) is 0 Å². The Balaban J connectivity index is 1.57. The summed E-state index contributed by atoms with van der Waals surface area (Å²) in [5.74, 6) is -0.317. The zero-order chi connectivity index (χ0) is 23.3. The lowest BCUT2D eigenvalue weighted by Crippen LogP contribution is -2.28. The average molecular weight is 463 g/mol. The zero-order valence-electron chi connectivity index (χ0n) is 17.2. The van der Waals surface area contributed by atoms with Crippen LogP contribution in [-0.2, 0) is 18.0 Å². The van der Waals surface area contributed by atoms with Gasteiger partial charge in [-0.1, -0.05) is 36.0 Å². The number of hydrogen-bond donors (Lipinski definition) is 2. The van der Waals surface area contributed by atoms with Gasteiger partial charge in [-0.05, 0) is 37.3 Å². The first-order valence-electron chi connectivity index (χ1n) is 9.50. The number of nitrogens with one attached hydrogen (secondary N) is 2. The highest BCUT2D eigenvalue weighted by Crippen LogP contribution is 2.30. The molecule has 11 heteroatoms. The summed E-state index contributed by atoms with van der Waals surface area (Å²) in [4.78, 5) is 24.5. The third-order valence-corrected chi connectivity index (χ3v) is 5.47. The molecule has 3 aromatic rings. The monoisotopic (exact) mass is 463 g/mol. The number of benzene rings is 2. The lowest BCUT2D eigenvalue weighted by molar-refractivity contribution is -0.137. The summed E-state index contributed by atoms with van der Waals surface area (Å²) in [6.45, 7) is 1.76. The Hall–Kier alpha value is -3.34. The van der Waals surface area contributed by atoms with Gasteiger partial charge in [0.15, 0.2) is 11.0 Å². The molecular formula is C21H20F3N5O2S. The molecule has 0 radical (unpaired) electrons. The molecule has 7 nitrogen and oxygen atoms in total. The number of aromatic nitrogens is 3. The predicted octanol–water partition coefficient (Wildman–Crippen LogP) is 4.06. The summed E-state index contributed by atoms with van der Waals surface area (Å²) in [5.41, 5.74) is -0.267. The van der Waals surface area contributed by atoms with E-state index in [1.54, 1.807) is 42.8 Å². The Bertz CT molecular complexity index is 1100. The molecular weight excluding hydrogens is 443 g/mol. The second kappa shape index (κ2) is 9.86. The van der Waals surface area contributed by atoms with Crippen LogP contribution in [0.4, 0.5) is 18.9 Å². The fraction of sp³-hybridized carbons (Fsp3) is 0.238. The van der Waals surface area contributed by atoms with Crippen molar-refractivity contribution in [2.45, 2.75) is 24.3 Å². The van der Waals surface area contributed by atoms with Crippen LogP contribution >= 0.6 is 11.8 Å². The fourth-order valence-electron chi connectivity index (χ4n) is 2.86. The maximum absolute atomic E-state index is 12.8. The second-order valence-electron chi connectivity index (χ2n) is 6.88. The highest BCUT2D eigenvalue weighted by molar-refractivity contribution is 7.99. The lowest BCUT2D eigenvalue weighted by Gasteiger charge is -2.13. The fourth-order valence-corrected chi connectivity index (χ4v) is 3.58. The van der Waals surface area contributed by atoms with Gasteiger partial charge in [0.05, 0.1) is 17.4 Å². The minimum atomic E-state index is -4.49. The first-order chi connectivity index (χ1) is 15.1. The number of carbonyl (C=O) groups excluding carboxylic acids is 2. The lowest BCUT2D eigenvalue weighted by atomic mass is 10.2. The van der Waals surface area contributed by atoms with Crippen LogP contribution in [0.2, 0.25) is 0 Å². The summed E-state index contributed by atoms with van der Waals surface area (Å²) >= 11 is 1.08. The van der Waals surface area contributed by atoms with E-state index in [4.69, 9.17) is 0 Å².